The zero-order valence-electron chi connectivity index (χ0n) is 11.2. The van der Waals surface area contributed by atoms with Crippen molar-refractivity contribution in [1.82, 2.24) is 5.32 Å². The number of carbonyl (C=O) groups is 1. The highest BCUT2D eigenvalue weighted by Crippen LogP contribution is 2.14. The summed E-state index contributed by atoms with van der Waals surface area (Å²) in [6, 6.07) is 8.33. The van der Waals surface area contributed by atoms with E-state index in [0.717, 1.165) is 5.56 Å². The maximum absolute atomic E-state index is 12.2. The maximum Gasteiger partial charge on any atom is 0.401 e. The number of halogens is 3. The summed E-state index contributed by atoms with van der Waals surface area (Å²) in [5, 5.41) is 2.21. The molecule has 0 fully saturated rings. The van der Waals surface area contributed by atoms with E-state index in [1.165, 1.54) is 0 Å². The molecular weight excluding hydrogens is 271 g/mol. The number of hydrogen-bond acceptors (Lipinski definition) is 3. The topological polar surface area (TPSA) is 38.3 Å². The number of ether oxygens (including phenoxy) is 1. The molecule has 0 saturated carbocycles. The van der Waals surface area contributed by atoms with Crippen molar-refractivity contribution < 1.29 is 22.7 Å². The lowest BCUT2D eigenvalue weighted by Gasteiger charge is -2.18. The highest BCUT2D eigenvalue weighted by atomic mass is 19.4. The van der Waals surface area contributed by atoms with Crippen LogP contribution in [0.4, 0.5) is 13.2 Å². The van der Waals surface area contributed by atoms with Gasteiger partial charge in [0, 0.05) is 0 Å². The zero-order chi connectivity index (χ0) is 15.0. The van der Waals surface area contributed by atoms with Crippen molar-refractivity contribution in [2.45, 2.75) is 32.0 Å². The average Bonchev–Trinajstić information content (AvgIpc) is 2.39. The Hall–Kier alpha value is -1.56. The predicted molar refractivity (Wildman–Crippen MR) is 69.2 cm³/mol. The molecule has 1 aromatic carbocycles. The Balaban J connectivity index is 2.55. The lowest BCUT2D eigenvalue weighted by Crippen LogP contribution is -2.43. The van der Waals surface area contributed by atoms with Gasteiger partial charge in [-0.1, -0.05) is 30.3 Å². The van der Waals surface area contributed by atoms with Gasteiger partial charge in [0.2, 0.25) is 0 Å². The average molecular weight is 289 g/mol. The number of rotatable bonds is 7. The summed E-state index contributed by atoms with van der Waals surface area (Å²) >= 11 is 0. The summed E-state index contributed by atoms with van der Waals surface area (Å²) in [7, 11) is 0. The van der Waals surface area contributed by atoms with Crippen LogP contribution in [0.1, 0.15) is 18.9 Å². The molecule has 1 atom stereocenters. The van der Waals surface area contributed by atoms with Gasteiger partial charge in [0.1, 0.15) is 6.04 Å². The Morgan fingerprint density at radius 1 is 1.30 bits per heavy atom. The Morgan fingerprint density at radius 3 is 2.50 bits per heavy atom. The van der Waals surface area contributed by atoms with Gasteiger partial charge in [0.25, 0.3) is 0 Å². The third-order valence-electron chi connectivity index (χ3n) is 2.68. The Kier molecular flexibility index (Phi) is 6.51. The molecule has 0 aliphatic carbocycles. The molecule has 0 aliphatic heterocycles. The quantitative estimate of drug-likeness (QED) is 0.784. The van der Waals surface area contributed by atoms with Crippen LogP contribution in [0.5, 0.6) is 0 Å². The van der Waals surface area contributed by atoms with E-state index in [9.17, 15) is 18.0 Å². The van der Waals surface area contributed by atoms with Crippen molar-refractivity contribution in [3.05, 3.63) is 35.9 Å². The highest BCUT2D eigenvalue weighted by molar-refractivity contribution is 5.75. The van der Waals surface area contributed by atoms with Crippen LogP contribution in [0.25, 0.3) is 0 Å². The third kappa shape index (κ3) is 6.56. The summed E-state index contributed by atoms with van der Waals surface area (Å²) in [6.45, 7) is 0.565. The molecule has 20 heavy (non-hydrogen) atoms. The molecule has 0 bridgehead atoms. The summed E-state index contributed by atoms with van der Waals surface area (Å²) in [5.74, 6) is -0.646. The first-order valence-corrected chi connectivity index (χ1v) is 6.43. The van der Waals surface area contributed by atoms with E-state index in [2.05, 4.69) is 5.32 Å². The zero-order valence-corrected chi connectivity index (χ0v) is 11.2. The minimum Gasteiger partial charge on any atom is -0.465 e. The van der Waals surface area contributed by atoms with Gasteiger partial charge in [0.05, 0.1) is 13.2 Å². The molecule has 0 saturated heterocycles. The molecule has 1 N–H and O–H groups in total. The predicted octanol–water partition coefficient (Wildman–Crippen LogP) is 2.70. The molecular formula is C14H18F3NO2. The molecule has 0 amide bonds. The second-order valence-electron chi connectivity index (χ2n) is 4.32. The number of esters is 1. The first-order valence-electron chi connectivity index (χ1n) is 6.43. The normalized spacial score (nSPS) is 13.0. The fourth-order valence-electron chi connectivity index (χ4n) is 1.74. The summed E-state index contributed by atoms with van der Waals surface area (Å²) in [4.78, 5) is 11.6. The molecule has 1 rings (SSSR count). The van der Waals surface area contributed by atoms with Gasteiger partial charge in [-0.25, -0.2) is 0 Å². The van der Waals surface area contributed by atoms with Crippen LogP contribution >= 0.6 is 0 Å². The van der Waals surface area contributed by atoms with E-state index in [4.69, 9.17) is 4.74 Å². The number of aryl methyl sites for hydroxylation is 1. The van der Waals surface area contributed by atoms with Crippen LogP contribution in [0, 0.1) is 0 Å². The van der Waals surface area contributed by atoms with Crippen LogP contribution in [-0.4, -0.2) is 31.3 Å². The molecule has 3 nitrogen and oxygen atoms in total. The highest BCUT2D eigenvalue weighted by Gasteiger charge is 2.30. The lowest BCUT2D eigenvalue weighted by molar-refractivity contribution is -0.149. The smallest absolute Gasteiger partial charge is 0.401 e. The van der Waals surface area contributed by atoms with Crippen LogP contribution in [-0.2, 0) is 16.0 Å². The van der Waals surface area contributed by atoms with Crippen molar-refractivity contribution in [3.8, 4) is 0 Å². The largest absolute Gasteiger partial charge is 0.465 e. The Labute approximate surface area is 116 Å². The Morgan fingerprint density at radius 2 is 1.95 bits per heavy atom. The number of carbonyl (C=O) groups excluding carboxylic acids is 1. The number of alkyl halides is 3. The van der Waals surface area contributed by atoms with Gasteiger partial charge in [-0.15, -0.1) is 0 Å². The number of hydrogen-bond donors (Lipinski definition) is 1. The van der Waals surface area contributed by atoms with Crippen molar-refractivity contribution in [2.24, 2.45) is 0 Å². The van der Waals surface area contributed by atoms with Gasteiger partial charge >= 0.3 is 12.1 Å². The fourth-order valence-corrected chi connectivity index (χ4v) is 1.74. The number of benzene rings is 1. The van der Waals surface area contributed by atoms with Crippen LogP contribution < -0.4 is 5.32 Å². The minimum atomic E-state index is -4.35. The van der Waals surface area contributed by atoms with Crippen LogP contribution in [0.2, 0.25) is 0 Å². The molecule has 0 radical (unpaired) electrons. The third-order valence-corrected chi connectivity index (χ3v) is 2.68. The SMILES string of the molecule is CCOC(=O)C(CCc1ccccc1)NCC(F)(F)F. The molecule has 0 spiro atoms. The van der Waals surface area contributed by atoms with E-state index >= 15 is 0 Å². The fraction of sp³-hybridized carbons (Fsp3) is 0.500. The van der Waals surface area contributed by atoms with Crippen LogP contribution in [0.3, 0.4) is 0 Å². The van der Waals surface area contributed by atoms with Gasteiger partial charge in [-0.2, -0.15) is 13.2 Å². The van der Waals surface area contributed by atoms with E-state index in [1.807, 2.05) is 30.3 Å². The summed E-state index contributed by atoms with van der Waals surface area (Å²) in [6.07, 6.45) is -3.58. The lowest BCUT2D eigenvalue weighted by atomic mass is 10.1. The van der Waals surface area contributed by atoms with Crippen molar-refractivity contribution in [2.75, 3.05) is 13.2 Å². The molecule has 1 aromatic rings. The van der Waals surface area contributed by atoms with E-state index in [1.54, 1.807) is 6.92 Å². The van der Waals surface area contributed by atoms with Crippen molar-refractivity contribution in [1.29, 1.82) is 0 Å². The Bertz CT molecular complexity index is 407. The first-order chi connectivity index (χ1) is 9.42. The van der Waals surface area contributed by atoms with Gasteiger partial charge in [-0.05, 0) is 25.3 Å². The number of nitrogens with one attached hydrogen (secondary N) is 1. The molecule has 6 heteroatoms. The molecule has 0 heterocycles. The van der Waals surface area contributed by atoms with Gasteiger partial charge < -0.3 is 4.74 Å². The van der Waals surface area contributed by atoms with E-state index in [-0.39, 0.29) is 13.0 Å². The van der Waals surface area contributed by atoms with E-state index < -0.39 is 24.7 Å². The molecule has 0 aliphatic rings. The first kappa shape index (κ1) is 16.5. The molecule has 112 valence electrons. The van der Waals surface area contributed by atoms with Gasteiger partial charge in [-0.3, -0.25) is 10.1 Å². The van der Waals surface area contributed by atoms with Gasteiger partial charge in [0.15, 0.2) is 0 Å². The molecule has 1 unspecified atom stereocenters. The van der Waals surface area contributed by atoms with Crippen molar-refractivity contribution in [3.63, 3.8) is 0 Å². The van der Waals surface area contributed by atoms with E-state index in [0.29, 0.717) is 6.42 Å². The standard InChI is InChI=1S/C14H18F3NO2/c1-2-20-13(19)12(18-10-14(15,16)17)9-8-11-6-4-3-5-7-11/h3-7,12,18H,2,8-10H2,1H3. The summed E-state index contributed by atoms with van der Waals surface area (Å²) < 4.78 is 41.4. The monoisotopic (exact) mass is 289 g/mol. The van der Waals surface area contributed by atoms with Crippen LogP contribution in [0.15, 0.2) is 30.3 Å². The molecule has 0 aromatic heterocycles. The van der Waals surface area contributed by atoms with Crippen molar-refractivity contribution >= 4 is 5.97 Å². The maximum atomic E-state index is 12.2. The summed E-state index contributed by atoms with van der Waals surface area (Å²) in [5.41, 5.74) is 0.968. The minimum absolute atomic E-state index is 0.147. The second-order valence-corrected chi connectivity index (χ2v) is 4.32. The second kappa shape index (κ2) is 7.89.